The zero-order valence-electron chi connectivity index (χ0n) is 13.3. The Morgan fingerprint density at radius 3 is 2.08 bits per heavy atom. The number of aryl methyl sites for hydroxylation is 2. The van der Waals surface area contributed by atoms with E-state index in [2.05, 4.69) is 4.74 Å². The Morgan fingerprint density at radius 1 is 0.917 bits per heavy atom. The third-order valence-corrected chi connectivity index (χ3v) is 3.10. The quantitative estimate of drug-likeness (QED) is 0.844. The average Bonchev–Trinajstić information content (AvgIpc) is 2.43. The van der Waals surface area contributed by atoms with Crippen LogP contribution in [0.3, 0.4) is 0 Å². The smallest absolute Gasteiger partial charge is 0.488 e. The van der Waals surface area contributed by atoms with E-state index in [-0.39, 0.29) is 37.1 Å². The van der Waals surface area contributed by atoms with Crippen LogP contribution in [0.4, 0.5) is 13.2 Å². The van der Waals surface area contributed by atoms with E-state index in [9.17, 15) is 13.2 Å². The summed E-state index contributed by atoms with van der Waals surface area (Å²) in [6.07, 6.45) is -4.79. The topological polar surface area (TPSA) is 44.5 Å². The lowest BCUT2D eigenvalue weighted by Crippen LogP contribution is -2.18. The van der Waals surface area contributed by atoms with Gasteiger partial charge in [-0.1, -0.05) is 35.4 Å². The standard InChI is InChI=1S/C17H18F3NO2.ClH/c1-11-7-12(2)9-14(8-11)13-3-4-15(22-6-5-21)16(10-13)23-17(18,19)20;/h3-4,7-10H,5-6,21H2,1-2H3;1H. The third kappa shape index (κ3) is 5.62. The van der Waals surface area contributed by atoms with Gasteiger partial charge in [-0.05, 0) is 37.1 Å². The summed E-state index contributed by atoms with van der Waals surface area (Å²) in [6, 6.07) is 10.3. The number of hydrogen-bond donors (Lipinski definition) is 1. The minimum absolute atomic E-state index is 0. The zero-order valence-corrected chi connectivity index (χ0v) is 14.1. The minimum Gasteiger partial charge on any atom is -0.488 e. The largest absolute Gasteiger partial charge is 0.573 e. The van der Waals surface area contributed by atoms with Crippen LogP contribution in [0.2, 0.25) is 0 Å². The molecule has 2 aromatic rings. The number of hydrogen-bond acceptors (Lipinski definition) is 3. The zero-order chi connectivity index (χ0) is 17.0. The van der Waals surface area contributed by atoms with E-state index in [0.717, 1.165) is 16.7 Å². The summed E-state index contributed by atoms with van der Waals surface area (Å²) in [5.74, 6) is -0.358. The van der Waals surface area contributed by atoms with Crippen molar-refractivity contribution in [1.29, 1.82) is 0 Å². The molecule has 0 aromatic heterocycles. The molecule has 0 fully saturated rings. The van der Waals surface area contributed by atoms with Crippen LogP contribution >= 0.6 is 12.4 Å². The van der Waals surface area contributed by atoms with Crippen LogP contribution in [0.5, 0.6) is 11.5 Å². The van der Waals surface area contributed by atoms with E-state index in [1.165, 1.54) is 12.1 Å². The van der Waals surface area contributed by atoms with Crippen LogP contribution in [-0.4, -0.2) is 19.5 Å². The molecule has 0 saturated heterocycles. The lowest BCUT2D eigenvalue weighted by molar-refractivity contribution is -0.275. The van der Waals surface area contributed by atoms with E-state index in [1.54, 1.807) is 6.07 Å². The fourth-order valence-electron chi connectivity index (χ4n) is 2.32. The van der Waals surface area contributed by atoms with Gasteiger partial charge in [0.1, 0.15) is 6.61 Å². The molecule has 2 rings (SSSR count). The van der Waals surface area contributed by atoms with Crippen LogP contribution in [0, 0.1) is 13.8 Å². The van der Waals surface area contributed by atoms with E-state index in [1.807, 2.05) is 32.0 Å². The highest BCUT2D eigenvalue weighted by molar-refractivity contribution is 5.85. The Balaban J connectivity index is 0.00000288. The molecule has 0 radical (unpaired) electrons. The van der Waals surface area contributed by atoms with E-state index < -0.39 is 6.36 Å². The summed E-state index contributed by atoms with van der Waals surface area (Å²) in [5, 5.41) is 0. The fraction of sp³-hybridized carbons (Fsp3) is 0.294. The molecule has 0 aliphatic rings. The van der Waals surface area contributed by atoms with E-state index in [0.29, 0.717) is 5.56 Å². The Labute approximate surface area is 145 Å². The second-order valence-corrected chi connectivity index (χ2v) is 5.22. The molecule has 0 aliphatic heterocycles. The summed E-state index contributed by atoms with van der Waals surface area (Å²) in [5.41, 5.74) is 8.82. The highest BCUT2D eigenvalue weighted by atomic mass is 35.5. The molecule has 0 heterocycles. The maximum absolute atomic E-state index is 12.6. The van der Waals surface area contributed by atoms with Crippen molar-refractivity contribution in [3.63, 3.8) is 0 Å². The molecule has 2 aromatic carbocycles. The molecule has 0 saturated carbocycles. The van der Waals surface area contributed by atoms with E-state index >= 15 is 0 Å². The van der Waals surface area contributed by atoms with Crippen molar-refractivity contribution in [3.8, 4) is 22.6 Å². The Bertz CT molecular complexity index is 670. The maximum Gasteiger partial charge on any atom is 0.573 e. The summed E-state index contributed by atoms with van der Waals surface area (Å²) in [6.45, 7) is 4.17. The number of halogens is 4. The van der Waals surface area contributed by atoms with Crippen LogP contribution in [-0.2, 0) is 0 Å². The summed E-state index contributed by atoms with van der Waals surface area (Å²) < 4.78 is 47.1. The molecule has 0 aliphatic carbocycles. The molecular weight excluding hydrogens is 343 g/mol. The van der Waals surface area contributed by atoms with Gasteiger partial charge in [-0.25, -0.2) is 0 Å². The van der Waals surface area contributed by atoms with Crippen LogP contribution < -0.4 is 15.2 Å². The van der Waals surface area contributed by atoms with E-state index in [4.69, 9.17) is 10.5 Å². The van der Waals surface area contributed by atoms with Crippen molar-refractivity contribution in [1.82, 2.24) is 0 Å². The van der Waals surface area contributed by atoms with Crippen molar-refractivity contribution < 1.29 is 22.6 Å². The number of alkyl halides is 3. The molecule has 0 atom stereocenters. The molecular formula is C17H19ClF3NO2. The first kappa shape index (κ1) is 20.1. The van der Waals surface area contributed by atoms with Gasteiger partial charge in [0.15, 0.2) is 11.5 Å². The fourth-order valence-corrected chi connectivity index (χ4v) is 2.32. The van der Waals surface area contributed by atoms with Gasteiger partial charge in [0.25, 0.3) is 0 Å². The average molecular weight is 362 g/mol. The number of rotatable bonds is 5. The summed E-state index contributed by atoms with van der Waals surface area (Å²) >= 11 is 0. The SMILES string of the molecule is Cc1cc(C)cc(-c2ccc(OCCN)c(OC(F)(F)F)c2)c1.Cl. The minimum atomic E-state index is -4.79. The van der Waals surface area contributed by atoms with Gasteiger partial charge in [0, 0.05) is 6.54 Å². The first-order chi connectivity index (χ1) is 10.8. The van der Waals surface area contributed by atoms with Crippen molar-refractivity contribution in [3.05, 3.63) is 47.5 Å². The maximum atomic E-state index is 12.6. The number of ether oxygens (including phenoxy) is 2. The highest BCUT2D eigenvalue weighted by Crippen LogP contribution is 2.36. The van der Waals surface area contributed by atoms with Gasteiger partial charge in [-0.15, -0.1) is 25.6 Å². The highest BCUT2D eigenvalue weighted by Gasteiger charge is 2.32. The van der Waals surface area contributed by atoms with Gasteiger partial charge in [0.2, 0.25) is 0 Å². The molecule has 0 spiro atoms. The molecule has 3 nitrogen and oxygen atoms in total. The van der Waals surface area contributed by atoms with Gasteiger partial charge in [0.05, 0.1) is 0 Å². The molecule has 24 heavy (non-hydrogen) atoms. The molecule has 7 heteroatoms. The Morgan fingerprint density at radius 2 is 1.54 bits per heavy atom. The molecule has 0 amide bonds. The molecule has 0 unspecified atom stereocenters. The lowest BCUT2D eigenvalue weighted by atomic mass is 10.0. The van der Waals surface area contributed by atoms with Crippen LogP contribution in [0.15, 0.2) is 36.4 Å². The molecule has 0 bridgehead atoms. The lowest BCUT2D eigenvalue weighted by Gasteiger charge is -2.15. The first-order valence-electron chi connectivity index (χ1n) is 7.10. The van der Waals surface area contributed by atoms with Gasteiger partial charge >= 0.3 is 6.36 Å². The summed E-state index contributed by atoms with van der Waals surface area (Å²) in [4.78, 5) is 0. The first-order valence-corrected chi connectivity index (χ1v) is 7.10. The van der Waals surface area contributed by atoms with Crippen LogP contribution in [0.25, 0.3) is 11.1 Å². The van der Waals surface area contributed by atoms with Crippen LogP contribution in [0.1, 0.15) is 11.1 Å². The second kappa shape index (κ2) is 8.26. The normalized spacial score (nSPS) is 10.9. The van der Waals surface area contributed by atoms with Gasteiger partial charge in [-0.2, -0.15) is 0 Å². The third-order valence-electron chi connectivity index (χ3n) is 3.10. The van der Waals surface area contributed by atoms with Crippen molar-refractivity contribution in [2.45, 2.75) is 20.2 Å². The second-order valence-electron chi connectivity index (χ2n) is 5.22. The molecule has 132 valence electrons. The monoisotopic (exact) mass is 361 g/mol. The van der Waals surface area contributed by atoms with Crippen molar-refractivity contribution in [2.24, 2.45) is 5.73 Å². The molecule has 2 N–H and O–H groups in total. The summed E-state index contributed by atoms with van der Waals surface area (Å²) in [7, 11) is 0. The Kier molecular flexibility index (Phi) is 6.93. The van der Waals surface area contributed by atoms with Gasteiger partial charge < -0.3 is 15.2 Å². The predicted octanol–water partition coefficient (Wildman–Crippen LogP) is 4.63. The van der Waals surface area contributed by atoms with Gasteiger partial charge in [-0.3, -0.25) is 0 Å². The van der Waals surface area contributed by atoms with Crippen molar-refractivity contribution in [2.75, 3.05) is 13.2 Å². The number of nitrogens with two attached hydrogens (primary N) is 1. The Hall–Kier alpha value is -1.92. The number of benzene rings is 2. The predicted molar refractivity (Wildman–Crippen MR) is 89.8 cm³/mol. The van der Waals surface area contributed by atoms with Crippen molar-refractivity contribution >= 4 is 12.4 Å².